The van der Waals surface area contributed by atoms with Gasteiger partial charge in [0.25, 0.3) is 11.6 Å². The third-order valence-corrected chi connectivity index (χ3v) is 7.79. The number of Topliss-reactive ketones (excluding diaryl/α,β-unsaturated/α-hetero) is 1. The lowest BCUT2D eigenvalue weighted by molar-refractivity contribution is -0.130. The molecule has 9 nitrogen and oxygen atoms in total. The van der Waals surface area contributed by atoms with Crippen molar-refractivity contribution in [3.63, 3.8) is 0 Å². The van der Waals surface area contributed by atoms with Crippen LogP contribution in [0.1, 0.15) is 65.8 Å². The number of nitrogens with two attached hydrogens (primary N) is 1. The summed E-state index contributed by atoms with van der Waals surface area (Å²) in [7, 11) is 1.51. The first-order valence-electron chi connectivity index (χ1n) is 13.3. The molecule has 1 fully saturated rings. The van der Waals surface area contributed by atoms with Gasteiger partial charge in [-0.05, 0) is 62.6 Å². The number of benzene rings is 1. The fraction of sp³-hybridized carbons (Fsp3) is 0.333. The molecule has 2 atom stereocenters. The highest BCUT2D eigenvalue weighted by molar-refractivity contribution is 5.96. The Kier molecular flexibility index (Phi) is 6.29. The second-order valence-corrected chi connectivity index (χ2v) is 10.9. The average Bonchev–Trinajstić information content (AvgIpc) is 3.62. The largest absolute Gasteiger partial charge is 0.493 e. The molecule has 1 aliphatic heterocycles. The van der Waals surface area contributed by atoms with Gasteiger partial charge in [0.2, 0.25) is 0 Å². The summed E-state index contributed by atoms with van der Waals surface area (Å²) in [6, 6.07) is 8.14. The number of imidazole rings is 1. The molecule has 41 heavy (non-hydrogen) atoms. The summed E-state index contributed by atoms with van der Waals surface area (Å²) in [6.07, 6.45) is 5.61. The molecule has 2 aliphatic rings. The summed E-state index contributed by atoms with van der Waals surface area (Å²) in [5.41, 5.74) is 3.30. The van der Waals surface area contributed by atoms with Gasteiger partial charge in [-0.1, -0.05) is 0 Å². The number of fused-ring (bicyclic) bond motifs is 2. The highest BCUT2D eigenvalue weighted by atomic mass is 19.1. The Hall–Kier alpha value is -4.38. The number of ketones is 1. The minimum absolute atomic E-state index is 0.00821. The van der Waals surface area contributed by atoms with Gasteiger partial charge >= 0.3 is 0 Å². The van der Waals surface area contributed by atoms with E-state index in [9.17, 15) is 19.1 Å². The summed E-state index contributed by atoms with van der Waals surface area (Å²) in [5, 5.41) is 11.5. The van der Waals surface area contributed by atoms with Gasteiger partial charge in [0, 0.05) is 41.4 Å². The van der Waals surface area contributed by atoms with Crippen LogP contribution in [-0.2, 0) is 16.1 Å². The molecule has 0 radical (unpaired) electrons. The van der Waals surface area contributed by atoms with Gasteiger partial charge in [-0.2, -0.15) is 0 Å². The van der Waals surface area contributed by atoms with Crippen molar-refractivity contribution in [3.8, 4) is 22.8 Å². The van der Waals surface area contributed by atoms with E-state index in [1.165, 1.54) is 44.4 Å². The number of hydrogen-bond donors (Lipinski definition) is 2. The van der Waals surface area contributed by atoms with Gasteiger partial charge < -0.3 is 24.7 Å². The third-order valence-electron chi connectivity index (χ3n) is 7.79. The fourth-order valence-corrected chi connectivity index (χ4v) is 5.10. The topological polar surface area (TPSA) is 129 Å². The van der Waals surface area contributed by atoms with Crippen LogP contribution in [0.2, 0.25) is 0 Å². The Morgan fingerprint density at radius 3 is 2.61 bits per heavy atom. The van der Waals surface area contributed by atoms with E-state index in [4.69, 9.17) is 15.2 Å². The average molecular weight is 563 g/mol. The number of primary amides is 1. The van der Waals surface area contributed by atoms with E-state index in [2.05, 4.69) is 9.97 Å². The van der Waals surface area contributed by atoms with Crippen LogP contribution in [-0.4, -0.2) is 44.9 Å². The van der Waals surface area contributed by atoms with E-state index < -0.39 is 29.6 Å². The maximum Gasteiger partial charge on any atom is 0.263 e. The highest BCUT2D eigenvalue weighted by Crippen LogP contribution is 2.47. The first-order chi connectivity index (χ1) is 19.5. The standard InChI is InChI=1S/C30H28F2N4O5/c1-29(39,10-9-22(37)18-11-23(40-2)27-34-21(16-3-4-16)14-36(27)13-18)24-12-20-26(41-15-30(20,32)28(33)38)25(35-24)17-5-7-19(31)8-6-17/h5-8,11-14,16,39H,3-4,9-10,15H2,1-2H3,(H2,33,38)/t29-,30?/m0/s1. The minimum Gasteiger partial charge on any atom is -0.493 e. The Morgan fingerprint density at radius 2 is 1.95 bits per heavy atom. The van der Waals surface area contributed by atoms with Gasteiger partial charge in [-0.3, -0.25) is 9.59 Å². The molecule has 1 saturated carbocycles. The van der Waals surface area contributed by atoms with Gasteiger partial charge in [-0.15, -0.1) is 0 Å². The van der Waals surface area contributed by atoms with E-state index in [0.717, 1.165) is 18.5 Å². The number of carbonyl (C=O) groups excluding carboxylic acids is 2. The normalized spacial score (nSPS) is 19.4. The number of amides is 1. The molecule has 11 heteroatoms. The second kappa shape index (κ2) is 9.62. The molecule has 0 spiro atoms. The molecular formula is C30H28F2N4O5. The molecule has 4 aromatic rings. The summed E-state index contributed by atoms with van der Waals surface area (Å²) in [6.45, 7) is 0.795. The van der Waals surface area contributed by atoms with Gasteiger partial charge in [-0.25, -0.2) is 18.7 Å². The van der Waals surface area contributed by atoms with E-state index in [-0.39, 0.29) is 41.3 Å². The maximum absolute atomic E-state index is 15.7. The Morgan fingerprint density at radius 1 is 1.22 bits per heavy atom. The van der Waals surface area contributed by atoms with Crippen molar-refractivity contribution in [2.75, 3.05) is 13.7 Å². The molecule has 1 amide bonds. The molecule has 212 valence electrons. The number of aliphatic hydroxyl groups is 1. The van der Waals surface area contributed by atoms with Gasteiger partial charge in [0.05, 0.1) is 18.5 Å². The predicted octanol–water partition coefficient (Wildman–Crippen LogP) is 4.33. The van der Waals surface area contributed by atoms with Crippen molar-refractivity contribution in [2.45, 2.75) is 49.8 Å². The predicted molar refractivity (Wildman–Crippen MR) is 144 cm³/mol. The first-order valence-corrected chi connectivity index (χ1v) is 13.3. The molecule has 1 aromatic carbocycles. The van der Waals surface area contributed by atoms with Crippen molar-refractivity contribution in [2.24, 2.45) is 5.73 Å². The Labute approximate surface area is 233 Å². The van der Waals surface area contributed by atoms with Crippen LogP contribution in [0.25, 0.3) is 16.9 Å². The number of aromatic nitrogens is 3. The lowest BCUT2D eigenvalue weighted by Gasteiger charge is -2.25. The molecule has 3 N–H and O–H groups in total. The van der Waals surface area contributed by atoms with Crippen molar-refractivity contribution in [1.82, 2.24) is 14.4 Å². The molecular weight excluding hydrogens is 534 g/mol. The number of rotatable bonds is 9. The molecule has 1 unspecified atom stereocenters. The number of nitrogens with zero attached hydrogens (tertiary/aromatic N) is 3. The van der Waals surface area contributed by atoms with Gasteiger partial charge in [0.15, 0.2) is 22.9 Å². The number of hydrogen-bond acceptors (Lipinski definition) is 7. The third kappa shape index (κ3) is 4.69. The number of methoxy groups -OCH3 is 1. The molecule has 4 heterocycles. The molecule has 0 saturated heterocycles. The van der Waals surface area contributed by atoms with E-state index in [1.807, 2.05) is 6.20 Å². The number of halogens is 2. The lowest BCUT2D eigenvalue weighted by Crippen LogP contribution is -2.38. The van der Waals surface area contributed by atoms with Crippen LogP contribution in [0.3, 0.4) is 0 Å². The van der Waals surface area contributed by atoms with Crippen LogP contribution >= 0.6 is 0 Å². The minimum atomic E-state index is -2.65. The molecule has 6 rings (SSSR count). The van der Waals surface area contributed by atoms with E-state index in [1.54, 1.807) is 16.7 Å². The van der Waals surface area contributed by atoms with Crippen LogP contribution < -0.4 is 15.2 Å². The van der Waals surface area contributed by atoms with Crippen molar-refractivity contribution < 1.29 is 33.0 Å². The summed E-state index contributed by atoms with van der Waals surface area (Å²) < 4.78 is 42.1. The van der Waals surface area contributed by atoms with Crippen LogP contribution in [0.4, 0.5) is 8.78 Å². The van der Waals surface area contributed by atoms with Crippen LogP contribution in [0.5, 0.6) is 11.5 Å². The Balaban J connectivity index is 1.32. The van der Waals surface area contributed by atoms with Crippen molar-refractivity contribution in [3.05, 3.63) is 77.1 Å². The number of pyridine rings is 2. The van der Waals surface area contributed by atoms with Crippen molar-refractivity contribution >= 4 is 17.3 Å². The summed E-state index contributed by atoms with van der Waals surface area (Å²) in [5.74, 6) is -1.12. The highest BCUT2D eigenvalue weighted by Gasteiger charge is 2.49. The molecule has 1 aliphatic carbocycles. The smallest absolute Gasteiger partial charge is 0.263 e. The summed E-state index contributed by atoms with van der Waals surface area (Å²) >= 11 is 0. The van der Waals surface area contributed by atoms with E-state index in [0.29, 0.717) is 28.4 Å². The summed E-state index contributed by atoms with van der Waals surface area (Å²) in [4.78, 5) is 34.5. The number of carbonyl (C=O) groups is 2. The first kappa shape index (κ1) is 26.8. The van der Waals surface area contributed by atoms with E-state index >= 15 is 4.39 Å². The molecule has 3 aromatic heterocycles. The number of ether oxygens (including phenoxy) is 2. The monoisotopic (exact) mass is 562 g/mol. The van der Waals surface area contributed by atoms with Crippen molar-refractivity contribution in [1.29, 1.82) is 0 Å². The lowest BCUT2D eigenvalue weighted by atomic mass is 9.88. The zero-order valence-corrected chi connectivity index (χ0v) is 22.5. The quantitative estimate of drug-likeness (QED) is 0.291. The Bertz CT molecular complexity index is 1700. The zero-order valence-electron chi connectivity index (χ0n) is 22.5. The van der Waals surface area contributed by atoms with Crippen LogP contribution in [0.15, 0.2) is 48.8 Å². The fourth-order valence-electron chi connectivity index (χ4n) is 5.10. The van der Waals surface area contributed by atoms with Gasteiger partial charge in [0.1, 0.15) is 23.7 Å². The zero-order chi connectivity index (χ0) is 29.1. The maximum atomic E-state index is 15.7. The van der Waals surface area contributed by atoms with Crippen LogP contribution in [0, 0.1) is 5.82 Å². The second-order valence-electron chi connectivity index (χ2n) is 10.9. The molecule has 0 bridgehead atoms. The SMILES string of the molecule is COc1cc(C(=O)CC[C@](C)(O)c2cc3c(c(-c4ccc(F)cc4)n2)OCC3(F)C(N)=O)cn2cc(C3CC3)nc12. The number of alkyl halides is 1.